The van der Waals surface area contributed by atoms with Gasteiger partial charge in [0.15, 0.2) is 0 Å². The van der Waals surface area contributed by atoms with Crippen molar-refractivity contribution in [2.24, 2.45) is 0 Å². The second-order valence-corrected chi connectivity index (χ2v) is 12.1. The lowest BCUT2D eigenvalue weighted by molar-refractivity contribution is 1.32. The summed E-state index contributed by atoms with van der Waals surface area (Å²) in [5.74, 6) is 0. The van der Waals surface area contributed by atoms with Gasteiger partial charge in [-0.05, 0) is 62.9 Å². The van der Waals surface area contributed by atoms with Gasteiger partial charge in [-0.2, -0.15) is 0 Å². The Balaban J connectivity index is 1.33. The summed E-state index contributed by atoms with van der Waals surface area (Å²) < 4.78 is 0. The summed E-state index contributed by atoms with van der Waals surface area (Å²) in [5.41, 5.74) is 14.3. The summed E-state index contributed by atoms with van der Waals surface area (Å²) in [6.07, 6.45) is 9.77. The Bertz CT molecular complexity index is 2450. The molecule has 8 aromatic rings. The Morgan fingerprint density at radius 1 is 0.340 bits per heavy atom. The van der Waals surface area contributed by atoms with Gasteiger partial charge in [0.2, 0.25) is 0 Å². The van der Waals surface area contributed by atoms with Crippen LogP contribution < -0.4 is 0 Å². The Morgan fingerprint density at radius 3 is 1.10 bits per heavy atom. The normalized spacial score (nSPS) is 11.0. The lowest BCUT2D eigenvalue weighted by Gasteiger charge is -2.21. The SMILES string of the molecule is C=Cc1c(C=C)c(-c2ccc(-c3ccccc3)nc2)c2cc(-c3ccc(-c4ccccc4)nc3)ccc2c1-c1ccc(-c2ccccc2)nc1. The highest BCUT2D eigenvalue weighted by Gasteiger charge is 2.20. The first-order valence-corrected chi connectivity index (χ1v) is 16.7. The predicted octanol–water partition coefficient (Wildman–Crippen LogP) is 12.3. The fraction of sp³-hybridized carbons (Fsp3) is 0. The molecule has 50 heavy (non-hydrogen) atoms. The van der Waals surface area contributed by atoms with Gasteiger partial charge in [0.05, 0.1) is 17.1 Å². The van der Waals surface area contributed by atoms with Crippen LogP contribution in [0.1, 0.15) is 11.1 Å². The lowest BCUT2D eigenvalue weighted by Crippen LogP contribution is -1.98. The zero-order valence-corrected chi connectivity index (χ0v) is 27.5. The quantitative estimate of drug-likeness (QED) is 0.166. The van der Waals surface area contributed by atoms with Crippen LogP contribution in [0.25, 0.3) is 90.1 Å². The van der Waals surface area contributed by atoms with Crippen molar-refractivity contribution in [3.8, 4) is 67.2 Å². The van der Waals surface area contributed by atoms with Crippen LogP contribution in [0.3, 0.4) is 0 Å². The molecule has 0 unspecified atom stereocenters. The van der Waals surface area contributed by atoms with Crippen molar-refractivity contribution in [3.63, 3.8) is 0 Å². The van der Waals surface area contributed by atoms with Crippen LogP contribution in [-0.2, 0) is 0 Å². The molecule has 0 fully saturated rings. The Labute approximate surface area is 292 Å². The number of rotatable bonds is 8. The smallest absolute Gasteiger partial charge is 0.0702 e. The minimum absolute atomic E-state index is 0.925. The third-order valence-electron chi connectivity index (χ3n) is 9.21. The van der Waals surface area contributed by atoms with E-state index in [4.69, 9.17) is 15.0 Å². The minimum atomic E-state index is 0.925. The lowest BCUT2D eigenvalue weighted by atomic mass is 9.83. The number of aromatic nitrogens is 3. The Kier molecular flexibility index (Phi) is 8.22. The maximum atomic E-state index is 4.92. The molecule has 0 amide bonds. The topological polar surface area (TPSA) is 38.7 Å². The van der Waals surface area contributed by atoms with Gasteiger partial charge in [0, 0.05) is 52.0 Å². The van der Waals surface area contributed by atoms with Crippen molar-refractivity contribution in [1.82, 2.24) is 15.0 Å². The van der Waals surface area contributed by atoms with E-state index in [1.807, 2.05) is 85.3 Å². The molecule has 0 bridgehead atoms. The molecule has 0 aliphatic carbocycles. The van der Waals surface area contributed by atoms with Gasteiger partial charge in [-0.3, -0.25) is 15.0 Å². The monoisotopic (exact) mass is 639 g/mol. The minimum Gasteiger partial charge on any atom is -0.256 e. The molecule has 0 saturated heterocycles. The van der Waals surface area contributed by atoms with Crippen molar-refractivity contribution in [3.05, 3.63) is 188 Å². The molecule has 3 nitrogen and oxygen atoms in total. The summed E-state index contributed by atoms with van der Waals surface area (Å²) in [4.78, 5) is 14.7. The molecule has 8 rings (SSSR count). The van der Waals surface area contributed by atoms with E-state index in [9.17, 15) is 0 Å². The maximum Gasteiger partial charge on any atom is 0.0702 e. The van der Waals surface area contributed by atoms with Gasteiger partial charge in [-0.25, -0.2) is 0 Å². The van der Waals surface area contributed by atoms with Crippen LogP contribution in [-0.4, -0.2) is 15.0 Å². The van der Waals surface area contributed by atoms with Crippen molar-refractivity contribution in [2.45, 2.75) is 0 Å². The van der Waals surface area contributed by atoms with Gasteiger partial charge in [-0.15, -0.1) is 0 Å². The standard InChI is InChI=1S/C47H33N3/c1-3-39-40(4-2)47(38-23-27-45(50-31-38)34-18-12-7-13-19-34)42-28-35(36-21-25-43(48-29-36)32-14-8-5-9-15-32)20-24-41(42)46(39)37-22-26-44(49-30-37)33-16-10-6-11-17-33/h3-31H,1-2H2. The van der Waals surface area contributed by atoms with E-state index in [1.54, 1.807) is 0 Å². The summed E-state index contributed by atoms with van der Waals surface area (Å²) in [6, 6.07) is 50.1. The van der Waals surface area contributed by atoms with Crippen molar-refractivity contribution in [2.75, 3.05) is 0 Å². The van der Waals surface area contributed by atoms with E-state index in [2.05, 4.69) is 104 Å². The van der Waals surface area contributed by atoms with Gasteiger partial charge < -0.3 is 0 Å². The molecular weight excluding hydrogens is 607 g/mol. The van der Waals surface area contributed by atoms with E-state index in [0.29, 0.717) is 0 Å². The van der Waals surface area contributed by atoms with Crippen LogP contribution in [0, 0.1) is 0 Å². The summed E-state index contributed by atoms with van der Waals surface area (Å²) >= 11 is 0. The van der Waals surface area contributed by atoms with Crippen LogP contribution in [0.5, 0.6) is 0 Å². The van der Waals surface area contributed by atoms with E-state index in [0.717, 1.165) is 89.1 Å². The average molecular weight is 640 g/mol. The molecule has 0 atom stereocenters. The highest BCUT2D eigenvalue weighted by Crippen LogP contribution is 2.44. The van der Waals surface area contributed by atoms with E-state index in [1.165, 1.54) is 0 Å². The molecule has 236 valence electrons. The third kappa shape index (κ3) is 5.72. The first-order valence-electron chi connectivity index (χ1n) is 16.7. The second-order valence-electron chi connectivity index (χ2n) is 12.1. The molecule has 5 aromatic carbocycles. The first-order chi connectivity index (χ1) is 24.7. The third-order valence-corrected chi connectivity index (χ3v) is 9.21. The number of benzene rings is 5. The van der Waals surface area contributed by atoms with Gasteiger partial charge in [0.1, 0.15) is 0 Å². The number of fused-ring (bicyclic) bond motifs is 1. The zero-order chi connectivity index (χ0) is 33.9. The summed E-state index contributed by atoms with van der Waals surface area (Å²) in [5, 5.41) is 2.19. The molecule has 0 aliphatic heterocycles. The molecule has 0 N–H and O–H groups in total. The molecule has 0 spiro atoms. The number of hydrogen-bond acceptors (Lipinski definition) is 3. The zero-order valence-electron chi connectivity index (χ0n) is 27.5. The van der Waals surface area contributed by atoms with Crippen LogP contribution >= 0.6 is 0 Å². The second kappa shape index (κ2) is 13.4. The van der Waals surface area contributed by atoms with Gasteiger partial charge in [0.25, 0.3) is 0 Å². The molecule has 0 radical (unpaired) electrons. The van der Waals surface area contributed by atoms with Crippen LogP contribution in [0.4, 0.5) is 0 Å². The average Bonchev–Trinajstić information content (AvgIpc) is 3.21. The molecule has 3 heterocycles. The molecule has 3 heteroatoms. The maximum absolute atomic E-state index is 4.92. The van der Waals surface area contributed by atoms with Crippen molar-refractivity contribution in [1.29, 1.82) is 0 Å². The highest BCUT2D eigenvalue weighted by atomic mass is 14.7. The number of hydrogen-bond donors (Lipinski definition) is 0. The van der Waals surface area contributed by atoms with E-state index >= 15 is 0 Å². The van der Waals surface area contributed by atoms with Gasteiger partial charge >= 0.3 is 0 Å². The molecule has 0 saturated carbocycles. The largest absolute Gasteiger partial charge is 0.256 e. The highest BCUT2D eigenvalue weighted by molar-refractivity contribution is 6.12. The van der Waals surface area contributed by atoms with E-state index in [-0.39, 0.29) is 0 Å². The molecular formula is C47H33N3. The fourth-order valence-electron chi connectivity index (χ4n) is 6.74. The van der Waals surface area contributed by atoms with Crippen molar-refractivity contribution >= 4 is 22.9 Å². The molecule has 0 aliphatic rings. The predicted molar refractivity (Wildman–Crippen MR) is 210 cm³/mol. The Hall–Kier alpha value is -6.71. The summed E-state index contributed by atoms with van der Waals surface area (Å²) in [6.45, 7) is 8.60. The number of nitrogens with zero attached hydrogens (tertiary/aromatic N) is 3. The first kappa shape index (κ1) is 30.6. The van der Waals surface area contributed by atoms with Crippen molar-refractivity contribution < 1.29 is 0 Å². The van der Waals surface area contributed by atoms with Gasteiger partial charge in [-0.1, -0.05) is 147 Å². The van der Waals surface area contributed by atoms with Crippen LogP contribution in [0.15, 0.2) is 177 Å². The Morgan fingerprint density at radius 2 is 0.720 bits per heavy atom. The fourth-order valence-corrected chi connectivity index (χ4v) is 6.74. The summed E-state index contributed by atoms with van der Waals surface area (Å²) in [7, 11) is 0. The number of pyridine rings is 3. The van der Waals surface area contributed by atoms with E-state index < -0.39 is 0 Å². The van der Waals surface area contributed by atoms with Crippen LogP contribution in [0.2, 0.25) is 0 Å². The molecule has 3 aromatic heterocycles.